The molecule has 2 aromatic rings. The normalized spacial score (nSPS) is 12.3. The van der Waals surface area contributed by atoms with Gasteiger partial charge in [0.25, 0.3) is 0 Å². The number of nitrogens with two attached hydrogens (primary N) is 1. The number of hydrogen-bond donors (Lipinski definition) is 1. The summed E-state index contributed by atoms with van der Waals surface area (Å²) in [6.45, 7) is 3.48. The van der Waals surface area contributed by atoms with Crippen LogP contribution in [0.4, 0.5) is 0 Å². The number of benzene rings is 1. The van der Waals surface area contributed by atoms with Crippen LogP contribution in [0.1, 0.15) is 31.5 Å². The third kappa shape index (κ3) is 3.74. The van der Waals surface area contributed by atoms with Gasteiger partial charge in [0.1, 0.15) is 5.75 Å². The molecule has 4 nitrogen and oxygen atoms in total. The van der Waals surface area contributed by atoms with Crippen molar-refractivity contribution in [2.45, 2.75) is 32.4 Å². The molecule has 20 heavy (non-hydrogen) atoms. The maximum atomic E-state index is 6.21. The Morgan fingerprint density at radius 1 is 1.35 bits per heavy atom. The van der Waals surface area contributed by atoms with Crippen molar-refractivity contribution in [1.29, 1.82) is 0 Å². The van der Waals surface area contributed by atoms with Gasteiger partial charge in [0.05, 0.1) is 29.6 Å². The number of aromatic nitrogens is 2. The van der Waals surface area contributed by atoms with E-state index >= 15 is 0 Å². The largest absolute Gasteiger partial charge is 0.494 e. The molecule has 0 aliphatic rings. The van der Waals surface area contributed by atoms with Crippen LogP contribution < -0.4 is 10.5 Å². The Morgan fingerprint density at radius 2 is 2.10 bits per heavy atom. The van der Waals surface area contributed by atoms with E-state index in [0.717, 1.165) is 24.4 Å². The molecule has 0 aliphatic carbocycles. The van der Waals surface area contributed by atoms with Crippen LogP contribution in [0, 0.1) is 0 Å². The van der Waals surface area contributed by atoms with E-state index in [2.05, 4.69) is 12.0 Å². The quantitative estimate of drug-likeness (QED) is 0.851. The van der Waals surface area contributed by atoms with Gasteiger partial charge in [-0.3, -0.25) is 4.68 Å². The smallest absolute Gasteiger partial charge is 0.119 e. The first-order valence-corrected chi connectivity index (χ1v) is 7.24. The van der Waals surface area contributed by atoms with Gasteiger partial charge in [-0.25, -0.2) is 0 Å². The molecule has 1 aromatic carbocycles. The zero-order valence-electron chi connectivity index (χ0n) is 11.6. The van der Waals surface area contributed by atoms with Crippen molar-refractivity contribution in [3.63, 3.8) is 0 Å². The monoisotopic (exact) mass is 293 g/mol. The number of aryl methyl sites for hydroxylation is 1. The number of ether oxygens (including phenoxy) is 1. The second kappa shape index (κ2) is 7.31. The minimum absolute atomic E-state index is 0.166. The van der Waals surface area contributed by atoms with Gasteiger partial charge in [-0.2, -0.15) is 5.10 Å². The van der Waals surface area contributed by atoms with Crippen molar-refractivity contribution in [2.75, 3.05) is 6.61 Å². The van der Waals surface area contributed by atoms with Gasteiger partial charge >= 0.3 is 0 Å². The molecule has 0 bridgehead atoms. The van der Waals surface area contributed by atoms with Gasteiger partial charge in [0, 0.05) is 13.0 Å². The lowest BCUT2D eigenvalue weighted by Gasteiger charge is -2.15. The van der Waals surface area contributed by atoms with Crippen molar-refractivity contribution in [1.82, 2.24) is 9.78 Å². The van der Waals surface area contributed by atoms with Crippen LogP contribution in [-0.4, -0.2) is 16.4 Å². The fraction of sp³-hybridized carbons (Fsp3) is 0.400. The van der Waals surface area contributed by atoms with Gasteiger partial charge < -0.3 is 10.5 Å². The summed E-state index contributed by atoms with van der Waals surface area (Å²) in [7, 11) is 0. The highest BCUT2D eigenvalue weighted by Gasteiger charge is 2.16. The summed E-state index contributed by atoms with van der Waals surface area (Å²) in [5.74, 6) is 0.855. The summed E-state index contributed by atoms with van der Waals surface area (Å²) in [4.78, 5) is 0. The van der Waals surface area contributed by atoms with Crippen molar-refractivity contribution in [2.24, 2.45) is 5.73 Å². The fourth-order valence-corrected chi connectivity index (χ4v) is 2.37. The Morgan fingerprint density at radius 3 is 2.80 bits per heavy atom. The molecule has 1 unspecified atom stereocenters. The molecule has 0 saturated carbocycles. The van der Waals surface area contributed by atoms with Gasteiger partial charge in [0.2, 0.25) is 0 Å². The Hall–Kier alpha value is -1.52. The lowest BCUT2D eigenvalue weighted by molar-refractivity contribution is 0.295. The van der Waals surface area contributed by atoms with E-state index in [1.165, 1.54) is 0 Å². The molecular weight excluding hydrogens is 274 g/mol. The first-order valence-electron chi connectivity index (χ1n) is 6.87. The Labute approximate surface area is 124 Å². The van der Waals surface area contributed by atoms with Crippen LogP contribution in [0.5, 0.6) is 5.75 Å². The average molecular weight is 294 g/mol. The van der Waals surface area contributed by atoms with Crippen LogP contribution in [0.15, 0.2) is 36.5 Å². The lowest BCUT2D eigenvalue weighted by Crippen LogP contribution is -2.19. The third-order valence-corrected chi connectivity index (χ3v) is 3.35. The van der Waals surface area contributed by atoms with Crippen LogP contribution in [0.3, 0.4) is 0 Å². The number of para-hydroxylation sites is 1. The fourth-order valence-electron chi connectivity index (χ4n) is 2.09. The van der Waals surface area contributed by atoms with E-state index in [0.29, 0.717) is 18.1 Å². The summed E-state index contributed by atoms with van der Waals surface area (Å²) in [5.41, 5.74) is 7.10. The van der Waals surface area contributed by atoms with Crippen LogP contribution in [-0.2, 0) is 6.54 Å². The molecule has 0 aliphatic heterocycles. The van der Waals surface area contributed by atoms with Gasteiger partial charge in [-0.1, -0.05) is 36.7 Å². The van der Waals surface area contributed by atoms with Crippen LogP contribution >= 0.6 is 11.6 Å². The minimum Gasteiger partial charge on any atom is -0.494 e. The maximum absolute atomic E-state index is 6.21. The van der Waals surface area contributed by atoms with Crippen molar-refractivity contribution >= 4 is 11.6 Å². The highest BCUT2D eigenvalue weighted by atomic mass is 35.5. The minimum atomic E-state index is -0.166. The SMILES string of the molecule is CCCn1ncc(Cl)c1C(N)CCOc1ccccc1. The molecular formula is C15H20ClN3O. The topological polar surface area (TPSA) is 53.1 Å². The Bertz CT molecular complexity index is 527. The summed E-state index contributed by atoms with van der Waals surface area (Å²) >= 11 is 6.17. The predicted molar refractivity (Wildman–Crippen MR) is 81.0 cm³/mol. The number of hydrogen-bond acceptors (Lipinski definition) is 3. The first-order chi connectivity index (χ1) is 9.72. The molecule has 1 atom stereocenters. The molecule has 1 aromatic heterocycles. The van der Waals surface area contributed by atoms with Crippen LogP contribution in [0.2, 0.25) is 5.02 Å². The second-order valence-corrected chi connectivity index (χ2v) is 5.06. The molecule has 5 heteroatoms. The molecule has 2 N–H and O–H groups in total. The standard InChI is InChI=1S/C15H20ClN3O/c1-2-9-19-15(13(16)11-18-19)14(17)8-10-20-12-6-4-3-5-7-12/h3-7,11,14H,2,8-10,17H2,1H3. The zero-order valence-corrected chi connectivity index (χ0v) is 12.4. The Balaban J connectivity index is 1.91. The van der Waals surface area contributed by atoms with Crippen LogP contribution in [0.25, 0.3) is 0 Å². The lowest BCUT2D eigenvalue weighted by atomic mass is 10.1. The average Bonchev–Trinajstić information content (AvgIpc) is 2.81. The summed E-state index contributed by atoms with van der Waals surface area (Å²) in [6.07, 6.45) is 3.35. The number of halogens is 1. The van der Waals surface area contributed by atoms with E-state index in [1.54, 1.807) is 6.20 Å². The second-order valence-electron chi connectivity index (χ2n) is 4.66. The molecule has 0 saturated heterocycles. The first kappa shape index (κ1) is 14.9. The van der Waals surface area contributed by atoms with E-state index < -0.39 is 0 Å². The maximum Gasteiger partial charge on any atom is 0.119 e. The van der Waals surface area contributed by atoms with Crippen molar-refractivity contribution < 1.29 is 4.74 Å². The predicted octanol–water partition coefficient (Wildman–Crippen LogP) is 3.42. The number of rotatable bonds is 7. The highest BCUT2D eigenvalue weighted by molar-refractivity contribution is 6.31. The van der Waals surface area contributed by atoms with Crippen molar-refractivity contribution in [3.8, 4) is 5.75 Å². The van der Waals surface area contributed by atoms with Gasteiger partial charge in [0.15, 0.2) is 0 Å². The summed E-state index contributed by atoms with van der Waals surface area (Å²) < 4.78 is 7.55. The molecule has 1 heterocycles. The summed E-state index contributed by atoms with van der Waals surface area (Å²) in [6, 6.07) is 9.55. The van der Waals surface area contributed by atoms with Crippen molar-refractivity contribution in [3.05, 3.63) is 47.2 Å². The van der Waals surface area contributed by atoms with E-state index in [-0.39, 0.29) is 6.04 Å². The van der Waals surface area contributed by atoms with E-state index in [1.807, 2.05) is 35.0 Å². The van der Waals surface area contributed by atoms with Gasteiger partial charge in [-0.15, -0.1) is 0 Å². The molecule has 108 valence electrons. The molecule has 0 fully saturated rings. The van der Waals surface area contributed by atoms with E-state index in [9.17, 15) is 0 Å². The summed E-state index contributed by atoms with van der Waals surface area (Å²) in [5, 5.41) is 4.89. The number of nitrogens with zero attached hydrogens (tertiary/aromatic N) is 2. The Kier molecular flexibility index (Phi) is 5.44. The zero-order chi connectivity index (χ0) is 14.4. The van der Waals surface area contributed by atoms with E-state index in [4.69, 9.17) is 22.1 Å². The molecule has 0 amide bonds. The molecule has 0 radical (unpaired) electrons. The molecule has 2 rings (SSSR count). The molecule has 0 spiro atoms. The highest BCUT2D eigenvalue weighted by Crippen LogP contribution is 2.24. The third-order valence-electron chi connectivity index (χ3n) is 3.06. The van der Waals surface area contributed by atoms with Gasteiger partial charge in [-0.05, 0) is 18.6 Å².